The first-order valence-electron chi connectivity index (χ1n) is 5.84. The first-order valence-corrected chi connectivity index (χ1v) is 5.84. The minimum absolute atomic E-state index is 0.298. The van der Waals surface area contributed by atoms with Crippen molar-refractivity contribution in [2.75, 3.05) is 6.54 Å². The van der Waals surface area contributed by atoms with Gasteiger partial charge in [0.15, 0.2) is 0 Å². The van der Waals surface area contributed by atoms with Gasteiger partial charge >= 0.3 is 0 Å². The van der Waals surface area contributed by atoms with Crippen molar-refractivity contribution in [3.63, 3.8) is 0 Å². The van der Waals surface area contributed by atoms with Gasteiger partial charge in [-0.2, -0.15) is 5.26 Å². The fourth-order valence-electron chi connectivity index (χ4n) is 2.13. The standard InChI is InChI=1S/C14H20N2/c1-12(2)14(11-16,9-6-10-15)13-7-4-3-5-8-13/h3-5,7-8,12H,6,9-10,15H2,1-2H3. The highest BCUT2D eigenvalue weighted by molar-refractivity contribution is 5.33. The van der Waals surface area contributed by atoms with Crippen LogP contribution in [0.4, 0.5) is 0 Å². The summed E-state index contributed by atoms with van der Waals surface area (Å²) in [5.74, 6) is 0.298. The highest BCUT2D eigenvalue weighted by atomic mass is 14.5. The second-order valence-electron chi connectivity index (χ2n) is 4.50. The molecule has 2 heteroatoms. The average Bonchev–Trinajstić information content (AvgIpc) is 2.31. The molecule has 1 unspecified atom stereocenters. The average molecular weight is 216 g/mol. The van der Waals surface area contributed by atoms with Crippen LogP contribution in [0.25, 0.3) is 0 Å². The molecule has 0 aliphatic rings. The van der Waals surface area contributed by atoms with E-state index in [1.165, 1.54) is 0 Å². The maximum atomic E-state index is 9.54. The zero-order valence-electron chi connectivity index (χ0n) is 10.1. The Labute approximate surface area is 98.1 Å². The third-order valence-electron chi connectivity index (χ3n) is 3.25. The Balaban J connectivity index is 3.09. The molecular weight excluding hydrogens is 196 g/mol. The summed E-state index contributed by atoms with van der Waals surface area (Å²) in [6.45, 7) is 4.85. The molecule has 0 fully saturated rings. The van der Waals surface area contributed by atoms with Gasteiger partial charge in [-0.25, -0.2) is 0 Å². The van der Waals surface area contributed by atoms with Crippen LogP contribution >= 0.6 is 0 Å². The third kappa shape index (κ3) is 2.43. The fourth-order valence-corrected chi connectivity index (χ4v) is 2.13. The van der Waals surface area contributed by atoms with Crippen LogP contribution in [0.2, 0.25) is 0 Å². The van der Waals surface area contributed by atoms with Crippen LogP contribution in [0.5, 0.6) is 0 Å². The number of nitrogens with two attached hydrogens (primary N) is 1. The first-order chi connectivity index (χ1) is 7.67. The lowest BCUT2D eigenvalue weighted by Crippen LogP contribution is -2.31. The molecule has 1 rings (SSSR count). The summed E-state index contributed by atoms with van der Waals surface area (Å²) in [5, 5.41) is 9.54. The van der Waals surface area contributed by atoms with Gasteiger partial charge in [0, 0.05) is 0 Å². The summed E-state index contributed by atoms with van der Waals surface area (Å²) < 4.78 is 0. The molecule has 2 nitrogen and oxygen atoms in total. The molecule has 2 N–H and O–H groups in total. The Kier molecular flexibility index (Phi) is 4.52. The van der Waals surface area contributed by atoms with Crippen molar-refractivity contribution in [2.45, 2.75) is 32.1 Å². The second kappa shape index (κ2) is 5.67. The van der Waals surface area contributed by atoms with E-state index in [1.54, 1.807) is 0 Å². The Morgan fingerprint density at radius 2 is 1.94 bits per heavy atom. The molecule has 86 valence electrons. The van der Waals surface area contributed by atoms with Crippen molar-refractivity contribution in [2.24, 2.45) is 11.7 Å². The van der Waals surface area contributed by atoms with Gasteiger partial charge in [0.25, 0.3) is 0 Å². The Bertz CT molecular complexity index is 351. The quantitative estimate of drug-likeness (QED) is 0.822. The van der Waals surface area contributed by atoms with E-state index in [9.17, 15) is 5.26 Å². The number of hydrogen-bond acceptors (Lipinski definition) is 2. The van der Waals surface area contributed by atoms with Crippen LogP contribution in [-0.2, 0) is 5.41 Å². The summed E-state index contributed by atoms with van der Waals surface area (Å²) in [6, 6.07) is 12.6. The van der Waals surface area contributed by atoms with Gasteiger partial charge in [-0.15, -0.1) is 0 Å². The fraction of sp³-hybridized carbons (Fsp3) is 0.500. The summed E-state index contributed by atoms with van der Waals surface area (Å²) in [7, 11) is 0. The van der Waals surface area contributed by atoms with E-state index >= 15 is 0 Å². The van der Waals surface area contributed by atoms with Crippen LogP contribution < -0.4 is 5.73 Å². The lowest BCUT2D eigenvalue weighted by molar-refractivity contribution is 0.361. The monoisotopic (exact) mass is 216 g/mol. The number of hydrogen-bond donors (Lipinski definition) is 1. The predicted octanol–water partition coefficient (Wildman–Crippen LogP) is 2.84. The Hall–Kier alpha value is -1.33. The lowest BCUT2D eigenvalue weighted by Gasteiger charge is -2.31. The van der Waals surface area contributed by atoms with Crippen LogP contribution in [0.3, 0.4) is 0 Å². The number of benzene rings is 1. The molecule has 0 aliphatic heterocycles. The van der Waals surface area contributed by atoms with Crippen molar-refractivity contribution in [3.8, 4) is 6.07 Å². The molecule has 0 aromatic heterocycles. The highest BCUT2D eigenvalue weighted by Gasteiger charge is 2.34. The van der Waals surface area contributed by atoms with Gasteiger partial charge in [0.2, 0.25) is 0 Å². The maximum absolute atomic E-state index is 9.54. The van der Waals surface area contributed by atoms with Crippen molar-refractivity contribution < 1.29 is 0 Å². The minimum atomic E-state index is -0.388. The molecule has 0 saturated carbocycles. The zero-order valence-corrected chi connectivity index (χ0v) is 10.1. The smallest absolute Gasteiger partial charge is 0.0845 e. The Morgan fingerprint density at radius 3 is 2.38 bits per heavy atom. The molecule has 1 atom stereocenters. The molecule has 0 amide bonds. The predicted molar refractivity (Wildman–Crippen MR) is 66.9 cm³/mol. The Morgan fingerprint density at radius 1 is 1.31 bits per heavy atom. The van der Waals surface area contributed by atoms with Crippen LogP contribution in [-0.4, -0.2) is 6.54 Å². The lowest BCUT2D eigenvalue weighted by atomic mass is 9.70. The van der Waals surface area contributed by atoms with Crippen molar-refractivity contribution in [3.05, 3.63) is 35.9 Å². The molecular formula is C14H20N2. The molecule has 0 bridgehead atoms. The third-order valence-corrected chi connectivity index (χ3v) is 3.25. The highest BCUT2D eigenvalue weighted by Crippen LogP contribution is 2.36. The molecule has 0 spiro atoms. The summed E-state index contributed by atoms with van der Waals surface area (Å²) in [5.41, 5.74) is 6.28. The number of nitriles is 1. The van der Waals surface area contributed by atoms with Gasteiger partial charge in [-0.05, 0) is 30.9 Å². The molecule has 1 aromatic rings. The van der Waals surface area contributed by atoms with E-state index in [0.29, 0.717) is 12.5 Å². The molecule has 0 aliphatic carbocycles. The first kappa shape index (κ1) is 12.7. The van der Waals surface area contributed by atoms with E-state index in [4.69, 9.17) is 5.73 Å². The van der Waals surface area contributed by atoms with Crippen molar-refractivity contribution in [1.82, 2.24) is 0 Å². The summed E-state index contributed by atoms with van der Waals surface area (Å²) in [6.07, 6.45) is 1.72. The second-order valence-corrected chi connectivity index (χ2v) is 4.50. The molecule has 16 heavy (non-hydrogen) atoms. The van der Waals surface area contributed by atoms with Crippen LogP contribution in [0.1, 0.15) is 32.3 Å². The van der Waals surface area contributed by atoms with Gasteiger partial charge < -0.3 is 5.73 Å². The van der Waals surface area contributed by atoms with Crippen LogP contribution in [0.15, 0.2) is 30.3 Å². The van der Waals surface area contributed by atoms with Gasteiger partial charge in [-0.1, -0.05) is 44.2 Å². The van der Waals surface area contributed by atoms with Crippen LogP contribution in [0, 0.1) is 17.2 Å². The van der Waals surface area contributed by atoms with E-state index in [1.807, 2.05) is 30.3 Å². The maximum Gasteiger partial charge on any atom is 0.0845 e. The van der Waals surface area contributed by atoms with Gasteiger partial charge in [0.05, 0.1) is 11.5 Å². The van der Waals surface area contributed by atoms with E-state index < -0.39 is 0 Å². The SMILES string of the molecule is CC(C)C(C#N)(CCCN)c1ccccc1. The largest absolute Gasteiger partial charge is 0.330 e. The number of rotatable bonds is 5. The molecule has 0 saturated heterocycles. The number of nitrogens with zero attached hydrogens (tertiary/aromatic N) is 1. The molecule has 1 aromatic carbocycles. The molecule has 0 radical (unpaired) electrons. The van der Waals surface area contributed by atoms with Crippen molar-refractivity contribution in [1.29, 1.82) is 5.26 Å². The minimum Gasteiger partial charge on any atom is -0.330 e. The zero-order chi connectivity index (χ0) is 12.0. The van der Waals surface area contributed by atoms with E-state index in [2.05, 4.69) is 19.9 Å². The normalized spacial score (nSPS) is 14.4. The topological polar surface area (TPSA) is 49.8 Å². The van der Waals surface area contributed by atoms with Gasteiger partial charge in [0.1, 0.15) is 0 Å². The summed E-state index contributed by atoms with van der Waals surface area (Å²) >= 11 is 0. The van der Waals surface area contributed by atoms with E-state index in [-0.39, 0.29) is 5.41 Å². The summed E-state index contributed by atoms with van der Waals surface area (Å²) in [4.78, 5) is 0. The van der Waals surface area contributed by atoms with E-state index in [0.717, 1.165) is 18.4 Å². The van der Waals surface area contributed by atoms with Crippen molar-refractivity contribution >= 4 is 0 Å². The van der Waals surface area contributed by atoms with Gasteiger partial charge in [-0.3, -0.25) is 0 Å². The molecule has 0 heterocycles.